The molecular formula is C14H11BrClF2NS. The van der Waals surface area contributed by atoms with E-state index < -0.39 is 17.7 Å². The summed E-state index contributed by atoms with van der Waals surface area (Å²) in [6.45, 7) is 0. The van der Waals surface area contributed by atoms with Crippen LogP contribution in [0.2, 0.25) is 5.02 Å². The van der Waals surface area contributed by atoms with Crippen molar-refractivity contribution in [2.45, 2.75) is 10.9 Å². The van der Waals surface area contributed by atoms with Crippen LogP contribution in [0, 0.1) is 11.6 Å². The number of hydrogen-bond donors (Lipinski definition) is 1. The first-order chi connectivity index (χ1) is 9.50. The van der Waals surface area contributed by atoms with E-state index in [1.807, 2.05) is 18.2 Å². The average molecular weight is 379 g/mol. The second-order valence-corrected chi connectivity index (χ2v) is 6.43. The number of rotatable bonds is 4. The van der Waals surface area contributed by atoms with Gasteiger partial charge in [-0.2, -0.15) is 0 Å². The fourth-order valence-electron chi connectivity index (χ4n) is 1.71. The summed E-state index contributed by atoms with van der Waals surface area (Å²) in [5, 5.41) is 0.597. The van der Waals surface area contributed by atoms with E-state index in [9.17, 15) is 8.78 Å². The van der Waals surface area contributed by atoms with E-state index in [1.165, 1.54) is 23.9 Å². The summed E-state index contributed by atoms with van der Waals surface area (Å²) < 4.78 is 27.8. The number of halogens is 4. The molecule has 106 valence electrons. The van der Waals surface area contributed by atoms with E-state index in [0.717, 1.165) is 4.90 Å². The van der Waals surface area contributed by atoms with Gasteiger partial charge in [0.2, 0.25) is 0 Å². The normalized spacial score (nSPS) is 12.4. The highest BCUT2D eigenvalue weighted by Gasteiger charge is 2.19. The van der Waals surface area contributed by atoms with Crippen LogP contribution in [0.5, 0.6) is 0 Å². The van der Waals surface area contributed by atoms with Gasteiger partial charge < -0.3 is 5.73 Å². The summed E-state index contributed by atoms with van der Waals surface area (Å²) in [6.07, 6.45) is 0. The third-order valence-corrected chi connectivity index (χ3v) is 4.95. The van der Waals surface area contributed by atoms with Crippen molar-refractivity contribution in [1.29, 1.82) is 0 Å². The third kappa shape index (κ3) is 3.52. The van der Waals surface area contributed by atoms with Crippen molar-refractivity contribution in [2.24, 2.45) is 5.73 Å². The minimum atomic E-state index is -0.756. The van der Waals surface area contributed by atoms with E-state index in [4.69, 9.17) is 17.3 Å². The predicted molar refractivity (Wildman–Crippen MR) is 83.2 cm³/mol. The van der Waals surface area contributed by atoms with Gasteiger partial charge in [0, 0.05) is 22.3 Å². The van der Waals surface area contributed by atoms with Crippen LogP contribution in [0.1, 0.15) is 11.6 Å². The molecule has 0 spiro atoms. The van der Waals surface area contributed by atoms with Crippen LogP contribution in [0.25, 0.3) is 0 Å². The summed E-state index contributed by atoms with van der Waals surface area (Å²) in [5.41, 5.74) is 5.79. The Balaban J connectivity index is 2.15. The zero-order valence-corrected chi connectivity index (χ0v) is 13.4. The van der Waals surface area contributed by atoms with Gasteiger partial charge in [-0.15, -0.1) is 11.8 Å². The Labute approximate surface area is 133 Å². The van der Waals surface area contributed by atoms with Crippen LogP contribution in [-0.4, -0.2) is 5.75 Å². The molecule has 1 nitrogen and oxygen atoms in total. The van der Waals surface area contributed by atoms with E-state index in [2.05, 4.69) is 15.9 Å². The maximum atomic E-state index is 13.9. The molecule has 6 heteroatoms. The van der Waals surface area contributed by atoms with E-state index in [-0.39, 0.29) is 10.0 Å². The Hall–Kier alpha value is -0.620. The van der Waals surface area contributed by atoms with Crippen molar-refractivity contribution in [3.63, 3.8) is 0 Å². The minimum absolute atomic E-state index is 0.112. The second kappa shape index (κ2) is 6.89. The van der Waals surface area contributed by atoms with E-state index in [0.29, 0.717) is 10.8 Å². The Morgan fingerprint density at radius 3 is 2.60 bits per heavy atom. The summed E-state index contributed by atoms with van der Waals surface area (Å²) in [7, 11) is 0. The standard InChI is InChI=1S/C14H11BrClF2NS/c15-8-5-6-10(17)13(14(8)18)11(19)7-20-12-4-2-1-3-9(12)16/h1-6,11H,7,19H2. The van der Waals surface area contributed by atoms with Gasteiger partial charge in [0.05, 0.1) is 9.50 Å². The summed E-state index contributed by atoms with van der Waals surface area (Å²) >= 11 is 10.4. The summed E-state index contributed by atoms with van der Waals surface area (Å²) in [4.78, 5) is 0.834. The second-order valence-electron chi connectivity index (χ2n) is 4.10. The lowest BCUT2D eigenvalue weighted by Gasteiger charge is -2.14. The first-order valence-corrected chi connectivity index (χ1v) is 7.92. The molecule has 0 radical (unpaired) electrons. The molecule has 0 fully saturated rings. The number of nitrogens with two attached hydrogens (primary N) is 1. The summed E-state index contributed by atoms with van der Waals surface area (Å²) in [5.74, 6) is -0.969. The molecule has 2 aromatic carbocycles. The molecule has 2 N–H and O–H groups in total. The molecule has 20 heavy (non-hydrogen) atoms. The van der Waals surface area contributed by atoms with Crippen LogP contribution in [0.4, 0.5) is 8.78 Å². The molecule has 1 atom stereocenters. The molecular weight excluding hydrogens is 368 g/mol. The zero-order valence-electron chi connectivity index (χ0n) is 10.2. The van der Waals surface area contributed by atoms with Crippen molar-refractivity contribution < 1.29 is 8.78 Å². The Kier molecular flexibility index (Phi) is 5.43. The van der Waals surface area contributed by atoms with Gasteiger partial charge in [-0.25, -0.2) is 8.78 Å². The van der Waals surface area contributed by atoms with Crippen molar-refractivity contribution >= 4 is 39.3 Å². The minimum Gasteiger partial charge on any atom is -0.323 e. The van der Waals surface area contributed by atoms with E-state index >= 15 is 0 Å². The number of benzene rings is 2. The van der Waals surface area contributed by atoms with Crippen LogP contribution in [-0.2, 0) is 0 Å². The average Bonchev–Trinajstić information content (AvgIpc) is 2.42. The fourth-order valence-corrected chi connectivity index (χ4v) is 3.26. The Bertz CT molecular complexity index is 624. The van der Waals surface area contributed by atoms with Crippen LogP contribution in [0.3, 0.4) is 0 Å². The molecule has 1 unspecified atom stereocenters. The van der Waals surface area contributed by atoms with Gasteiger partial charge in [-0.1, -0.05) is 23.7 Å². The topological polar surface area (TPSA) is 26.0 Å². The highest BCUT2D eigenvalue weighted by molar-refractivity contribution is 9.10. The van der Waals surface area contributed by atoms with Crippen molar-refractivity contribution in [3.05, 3.63) is 63.1 Å². The molecule has 0 aliphatic rings. The first kappa shape index (κ1) is 15.8. The highest BCUT2D eigenvalue weighted by Crippen LogP contribution is 2.32. The van der Waals surface area contributed by atoms with Gasteiger partial charge in [-0.05, 0) is 40.2 Å². The summed E-state index contributed by atoms with van der Waals surface area (Å²) in [6, 6.07) is 9.03. The van der Waals surface area contributed by atoms with Crippen molar-refractivity contribution in [1.82, 2.24) is 0 Å². The number of hydrogen-bond acceptors (Lipinski definition) is 2. The third-order valence-electron chi connectivity index (χ3n) is 2.71. The Morgan fingerprint density at radius 1 is 1.20 bits per heavy atom. The fraction of sp³-hybridized carbons (Fsp3) is 0.143. The smallest absolute Gasteiger partial charge is 0.145 e. The molecule has 0 aromatic heterocycles. The van der Waals surface area contributed by atoms with Crippen LogP contribution in [0.15, 0.2) is 45.8 Å². The van der Waals surface area contributed by atoms with Gasteiger partial charge in [-0.3, -0.25) is 0 Å². The lowest BCUT2D eigenvalue weighted by atomic mass is 10.1. The number of thioether (sulfide) groups is 1. The molecule has 0 amide bonds. The molecule has 0 heterocycles. The molecule has 0 aliphatic carbocycles. The molecule has 0 saturated carbocycles. The molecule has 0 bridgehead atoms. The maximum Gasteiger partial charge on any atom is 0.145 e. The predicted octanol–water partition coefficient (Wildman–Crippen LogP) is 5.17. The quantitative estimate of drug-likeness (QED) is 0.586. The van der Waals surface area contributed by atoms with Crippen molar-refractivity contribution in [2.75, 3.05) is 5.75 Å². The Morgan fingerprint density at radius 2 is 1.90 bits per heavy atom. The molecule has 0 aliphatic heterocycles. The van der Waals surface area contributed by atoms with Gasteiger partial charge in [0.15, 0.2) is 0 Å². The SMILES string of the molecule is NC(CSc1ccccc1Cl)c1c(F)ccc(Br)c1F. The first-order valence-electron chi connectivity index (χ1n) is 5.77. The molecule has 2 aromatic rings. The molecule has 0 saturated heterocycles. The lowest BCUT2D eigenvalue weighted by molar-refractivity contribution is 0.534. The lowest BCUT2D eigenvalue weighted by Crippen LogP contribution is -2.17. The molecule has 2 rings (SSSR count). The van der Waals surface area contributed by atoms with Crippen molar-refractivity contribution in [3.8, 4) is 0 Å². The monoisotopic (exact) mass is 377 g/mol. The van der Waals surface area contributed by atoms with Gasteiger partial charge in [0.1, 0.15) is 11.6 Å². The van der Waals surface area contributed by atoms with E-state index in [1.54, 1.807) is 6.07 Å². The van der Waals surface area contributed by atoms with Gasteiger partial charge in [0.25, 0.3) is 0 Å². The van der Waals surface area contributed by atoms with Crippen LogP contribution >= 0.6 is 39.3 Å². The maximum absolute atomic E-state index is 13.9. The highest BCUT2D eigenvalue weighted by atomic mass is 79.9. The van der Waals surface area contributed by atoms with Crippen LogP contribution < -0.4 is 5.73 Å². The zero-order chi connectivity index (χ0) is 14.7. The van der Waals surface area contributed by atoms with Gasteiger partial charge >= 0.3 is 0 Å². The largest absolute Gasteiger partial charge is 0.323 e.